The van der Waals surface area contributed by atoms with Gasteiger partial charge in [0.2, 0.25) is 5.82 Å². The maximum Gasteiger partial charge on any atom is 0.416 e. The van der Waals surface area contributed by atoms with Gasteiger partial charge in [-0.2, -0.15) is 17.6 Å². The van der Waals surface area contributed by atoms with Crippen molar-refractivity contribution in [1.82, 2.24) is 14.9 Å². The number of aromatic nitrogens is 2. The lowest BCUT2D eigenvalue weighted by Gasteiger charge is -2.41. The zero-order valence-corrected chi connectivity index (χ0v) is 22.9. The molecule has 1 aliphatic heterocycles. The quantitative estimate of drug-likeness (QED) is 0.371. The van der Waals surface area contributed by atoms with Crippen LogP contribution in [0.2, 0.25) is 0 Å². The SMILES string of the molecule is CCC1(CNc2ncnc(N(Cc3ccc(C(F)(F)F)cc3)C3CC3)c2F)CCN(C(=O)OC(C)(C)C)CC1. The van der Waals surface area contributed by atoms with Crippen LogP contribution in [-0.4, -0.2) is 52.2 Å². The Balaban J connectivity index is 1.42. The molecule has 1 aromatic heterocycles. The van der Waals surface area contributed by atoms with Crippen LogP contribution in [0.25, 0.3) is 0 Å². The van der Waals surface area contributed by atoms with Crippen molar-refractivity contribution < 1.29 is 27.1 Å². The summed E-state index contributed by atoms with van der Waals surface area (Å²) in [6, 6.07) is 5.00. The van der Waals surface area contributed by atoms with E-state index in [-0.39, 0.29) is 35.7 Å². The molecule has 11 heteroatoms. The van der Waals surface area contributed by atoms with Crippen LogP contribution in [0.3, 0.4) is 0 Å². The molecule has 2 fully saturated rings. The van der Waals surface area contributed by atoms with Gasteiger partial charge in [-0.25, -0.2) is 14.8 Å². The van der Waals surface area contributed by atoms with Gasteiger partial charge in [0.25, 0.3) is 0 Å². The topological polar surface area (TPSA) is 70.6 Å². The molecule has 2 aliphatic rings. The van der Waals surface area contributed by atoms with Crippen molar-refractivity contribution in [1.29, 1.82) is 0 Å². The van der Waals surface area contributed by atoms with E-state index in [1.165, 1.54) is 18.5 Å². The van der Waals surface area contributed by atoms with Gasteiger partial charge in [0, 0.05) is 32.2 Å². The third kappa shape index (κ3) is 7.30. The highest BCUT2D eigenvalue weighted by atomic mass is 19.4. The number of benzene rings is 1. The van der Waals surface area contributed by atoms with Crippen molar-refractivity contribution >= 4 is 17.7 Å². The third-order valence-corrected chi connectivity index (χ3v) is 7.52. The highest BCUT2D eigenvalue weighted by Gasteiger charge is 2.37. The average Bonchev–Trinajstić information content (AvgIpc) is 3.71. The molecule has 0 unspecified atom stereocenters. The summed E-state index contributed by atoms with van der Waals surface area (Å²) >= 11 is 0. The normalized spacial score (nSPS) is 17.6. The van der Waals surface area contributed by atoms with Gasteiger partial charge in [0.15, 0.2) is 11.6 Å². The fourth-order valence-electron chi connectivity index (χ4n) is 4.86. The van der Waals surface area contributed by atoms with Gasteiger partial charge in [0.1, 0.15) is 11.9 Å². The molecular weight excluding hydrogens is 514 g/mol. The first-order valence-corrected chi connectivity index (χ1v) is 13.5. The summed E-state index contributed by atoms with van der Waals surface area (Å²) in [5.41, 5.74) is -0.761. The minimum absolute atomic E-state index is 0.0729. The second-order valence-corrected chi connectivity index (χ2v) is 11.6. The lowest BCUT2D eigenvalue weighted by Crippen LogP contribution is -2.47. The Morgan fingerprint density at radius 1 is 1.13 bits per heavy atom. The van der Waals surface area contributed by atoms with E-state index >= 15 is 4.39 Å². The fraction of sp³-hybridized carbons (Fsp3) is 0.607. The predicted molar refractivity (Wildman–Crippen MR) is 141 cm³/mol. The number of alkyl halides is 3. The third-order valence-electron chi connectivity index (χ3n) is 7.52. The monoisotopic (exact) mass is 551 g/mol. The Morgan fingerprint density at radius 2 is 1.77 bits per heavy atom. The Morgan fingerprint density at radius 3 is 2.31 bits per heavy atom. The van der Waals surface area contributed by atoms with Crippen LogP contribution < -0.4 is 10.2 Å². The minimum Gasteiger partial charge on any atom is -0.444 e. The number of amides is 1. The number of nitrogens with one attached hydrogen (secondary N) is 1. The van der Waals surface area contributed by atoms with Crippen molar-refractivity contribution in [3.63, 3.8) is 0 Å². The summed E-state index contributed by atoms with van der Waals surface area (Å²) < 4.78 is 60.0. The average molecular weight is 552 g/mol. The van der Waals surface area contributed by atoms with Crippen LogP contribution in [0.1, 0.15) is 70.9 Å². The number of piperidine rings is 1. The molecule has 1 saturated heterocycles. The highest BCUT2D eigenvalue weighted by molar-refractivity contribution is 5.68. The molecule has 4 rings (SSSR count). The molecule has 39 heavy (non-hydrogen) atoms. The maximum absolute atomic E-state index is 15.7. The van der Waals surface area contributed by atoms with Gasteiger partial charge in [-0.1, -0.05) is 19.1 Å². The number of rotatable bonds is 8. The van der Waals surface area contributed by atoms with E-state index in [0.717, 1.165) is 44.2 Å². The first-order valence-electron chi connectivity index (χ1n) is 13.5. The number of halogens is 4. The molecule has 1 N–H and O–H groups in total. The molecule has 1 saturated carbocycles. The number of hydrogen-bond acceptors (Lipinski definition) is 6. The van der Waals surface area contributed by atoms with Crippen molar-refractivity contribution in [2.24, 2.45) is 5.41 Å². The highest BCUT2D eigenvalue weighted by Crippen LogP contribution is 2.38. The summed E-state index contributed by atoms with van der Waals surface area (Å²) in [6.07, 6.45) is 0.654. The largest absolute Gasteiger partial charge is 0.444 e. The number of carbonyl (C=O) groups excluding carboxylic acids is 1. The molecule has 0 bridgehead atoms. The van der Waals surface area contributed by atoms with Crippen molar-refractivity contribution in [2.75, 3.05) is 29.9 Å². The van der Waals surface area contributed by atoms with Gasteiger partial charge >= 0.3 is 12.3 Å². The van der Waals surface area contributed by atoms with Gasteiger partial charge in [-0.15, -0.1) is 0 Å². The van der Waals surface area contributed by atoms with Crippen LogP contribution in [-0.2, 0) is 17.5 Å². The minimum atomic E-state index is -4.41. The predicted octanol–water partition coefficient (Wildman–Crippen LogP) is 6.64. The van der Waals surface area contributed by atoms with E-state index in [4.69, 9.17) is 4.74 Å². The molecule has 2 heterocycles. The van der Waals surface area contributed by atoms with Gasteiger partial charge in [-0.05, 0) is 76.0 Å². The molecular formula is C28H37F4N5O2. The van der Waals surface area contributed by atoms with E-state index < -0.39 is 23.2 Å². The van der Waals surface area contributed by atoms with Crippen LogP contribution in [0.5, 0.6) is 0 Å². The van der Waals surface area contributed by atoms with E-state index in [0.29, 0.717) is 25.2 Å². The molecule has 0 atom stereocenters. The molecule has 7 nitrogen and oxygen atoms in total. The lowest BCUT2D eigenvalue weighted by atomic mass is 9.76. The summed E-state index contributed by atoms with van der Waals surface area (Å²) in [5, 5.41) is 3.19. The van der Waals surface area contributed by atoms with Crippen LogP contribution in [0.4, 0.5) is 34.0 Å². The maximum atomic E-state index is 15.7. The van der Waals surface area contributed by atoms with E-state index in [2.05, 4.69) is 22.2 Å². The second kappa shape index (κ2) is 11.2. The van der Waals surface area contributed by atoms with Crippen LogP contribution in [0, 0.1) is 11.2 Å². The molecule has 1 aromatic carbocycles. The van der Waals surface area contributed by atoms with Crippen LogP contribution >= 0.6 is 0 Å². The fourth-order valence-corrected chi connectivity index (χ4v) is 4.86. The first kappa shape index (κ1) is 28.9. The Labute approximate surface area is 226 Å². The first-order chi connectivity index (χ1) is 18.3. The molecule has 1 amide bonds. The van der Waals surface area contributed by atoms with E-state index in [1.54, 1.807) is 9.80 Å². The number of hydrogen-bond donors (Lipinski definition) is 1. The number of anilines is 2. The van der Waals surface area contributed by atoms with E-state index in [1.807, 2.05) is 20.8 Å². The smallest absolute Gasteiger partial charge is 0.416 e. The number of nitrogens with zero attached hydrogens (tertiary/aromatic N) is 4. The Hall–Kier alpha value is -3.11. The Bertz CT molecular complexity index is 1140. The van der Waals surface area contributed by atoms with Crippen molar-refractivity contribution in [3.8, 4) is 0 Å². The van der Waals surface area contributed by atoms with Crippen LogP contribution in [0.15, 0.2) is 30.6 Å². The van der Waals surface area contributed by atoms with Crippen molar-refractivity contribution in [3.05, 3.63) is 47.5 Å². The van der Waals surface area contributed by atoms with Gasteiger partial charge in [-0.3, -0.25) is 0 Å². The number of likely N-dealkylation sites (tertiary alicyclic amines) is 1. The number of ether oxygens (including phenoxy) is 1. The molecule has 214 valence electrons. The number of carbonyl (C=O) groups is 1. The zero-order chi connectivity index (χ0) is 28.4. The lowest BCUT2D eigenvalue weighted by molar-refractivity contribution is -0.137. The van der Waals surface area contributed by atoms with Gasteiger partial charge in [0.05, 0.1) is 5.56 Å². The summed E-state index contributed by atoms with van der Waals surface area (Å²) in [4.78, 5) is 24.3. The zero-order valence-electron chi connectivity index (χ0n) is 22.9. The van der Waals surface area contributed by atoms with Gasteiger partial charge < -0.3 is 19.9 Å². The van der Waals surface area contributed by atoms with E-state index in [9.17, 15) is 18.0 Å². The summed E-state index contributed by atoms with van der Waals surface area (Å²) in [6.45, 7) is 9.46. The summed E-state index contributed by atoms with van der Waals surface area (Å²) in [7, 11) is 0. The standard InChI is InChI=1S/C28H37F4N5O2/c1-5-27(12-14-36(15-13-27)25(38)39-26(2,3)4)17-33-23-22(29)24(35-18-34-23)37(21-10-11-21)16-19-6-8-20(9-7-19)28(30,31)32/h6-9,18,21H,5,10-17H2,1-4H3,(H,33,34,35). The molecule has 0 spiro atoms. The summed E-state index contributed by atoms with van der Waals surface area (Å²) in [5.74, 6) is -0.339. The second-order valence-electron chi connectivity index (χ2n) is 11.6. The molecule has 2 aromatic rings. The molecule has 1 aliphatic carbocycles. The Kier molecular flexibility index (Phi) is 8.28. The van der Waals surface area contributed by atoms with Crippen molar-refractivity contribution in [2.45, 2.75) is 84.2 Å². The molecule has 0 radical (unpaired) electrons.